The topological polar surface area (TPSA) is 88.8 Å². The molecule has 0 atom stereocenters. The summed E-state index contributed by atoms with van der Waals surface area (Å²) in [5.74, 6) is -0.607. The molecule has 3 heterocycles. The van der Waals surface area contributed by atoms with Crippen LogP contribution in [0.25, 0.3) is 5.65 Å². The number of piperazine rings is 1. The Morgan fingerprint density at radius 3 is 2.78 bits per heavy atom. The van der Waals surface area contributed by atoms with Gasteiger partial charge in [-0.3, -0.25) is 4.79 Å². The van der Waals surface area contributed by atoms with Gasteiger partial charge in [0.05, 0.1) is 12.8 Å². The number of aromatic nitrogens is 3. The molecule has 0 saturated carbocycles. The fourth-order valence-electron chi connectivity index (χ4n) is 2.44. The highest BCUT2D eigenvalue weighted by Crippen LogP contribution is 2.13. The molecule has 1 N–H and O–H groups in total. The van der Waals surface area contributed by atoms with Crippen molar-refractivity contribution in [3.63, 3.8) is 0 Å². The van der Waals surface area contributed by atoms with Crippen LogP contribution in [0.1, 0.15) is 27.8 Å². The Kier molecular flexibility index (Phi) is 5.51. The minimum Gasteiger partial charge on any atom is -0.462 e. The Bertz CT molecular complexity index is 712. The molecule has 8 nitrogen and oxygen atoms in total. The van der Waals surface area contributed by atoms with Gasteiger partial charge in [0.15, 0.2) is 5.65 Å². The molecule has 23 heavy (non-hydrogen) atoms. The summed E-state index contributed by atoms with van der Waals surface area (Å²) in [5, 5.41) is 7.33. The molecule has 0 spiro atoms. The Balaban J connectivity index is 0.00000192. The van der Waals surface area contributed by atoms with E-state index in [-0.39, 0.29) is 30.5 Å². The van der Waals surface area contributed by atoms with Gasteiger partial charge in [0.1, 0.15) is 11.3 Å². The standard InChI is InChI=1S/C14H17N5O3.ClH/c1-2-22-14(21)10-9-17-19-11(3-4-16-12(10)19)13(20)18-7-5-15-6-8-18;/h3-4,9,15H,2,5-8H2,1H3;1H. The maximum absolute atomic E-state index is 12.6. The van der Waals surface area contributed by atoms with Crippen molar-refractivity contribution in [1.82, 2.24) is 24.8 Å². The second kappa shape index (κ2) is 7.38. The highest BCUT2D eigenvalue weighted by atomic mass is 35.5. The van der Waals surface area contributed by atoms with Crippen molar-refractivity contribution in [3.05, 3.63) is 29.7 Å². The predicted molar refractivity (Wildman–Crippen MR) is 85.0 cm³/mol. The number of rotatable bonds is 3. The number of nitrogens with one attached hydrogen (secondary N) is 1. The van der Waals surface area contributed by atoms with E-state index in [2.05, 4.69) is 15.4 Å². The molecule has 0 aromatic carbocycles. The van der Waals surface area contributed by atoms with E-state index in [0.29, 0.717) is 24.4 Å². The van der Waals surface area contributed by atoms with E-state index in [1.807, 2.05) is 0 Å². The predicted octanol–water partition coefficient (Wildman–Crippen LogP) is 0.373. The van der Waals surface area contributed by atoms with Crippen molar-refractivity contribution in [2.75, 3.05) is 32.8 Å². The van der Waals surface area contributed by atoms with Crippen LogP contribution < -0.4 is 5.32 Å². The lowest BCUT2D eigenvalue weighted by atomic mass is 10.3. The Morgan fingerprint density at radius 1 is 1.35 bits per heavy atom. The van der Waals surface area contributed by atoms with Gasteiger partial charge in [0.25, 0.3) is 5.91 Å². The second-order valence-electron chi connectivity index (χ2n) is 4.89. The molecule has 1 aliphatic rings. The number of hydrogen-bond donors (Lipinski definition) is 1. The van der Waals surface area contributed by atoms with E-state index >= 15 is 0 Å². The zero-order valence-electron chi connectivity index (χ0n) is 12.7. The normalized spacial score (nSPS) is 14.4. The third kappa shape index (κ3) is 3.27. The average Bonchev–Trinajstić information content (AvgIpc) is 2.99. The van der Waals surface area contributed by atoms with Gasteiger partial charge in [-0.25, -0.2) is 14.3 Å². The smallest absolute Gasteiger partial charge is 0.343 e. The van der Waals surface area contributed by atoms with Gasteiger partial charge in [-0.15, -0.1) is 12.4 Å². The van der Waals surface area contributed by atoms with E-state index in [4.69, 9.17) is 4.74 Å². The minimum absolute atomic E-state index is 0. The third-order valence-corrected chi connectivity index (χ3v) is 3.52. The van der Waals surface area contributed by atoms with E-state index < -0.39 is 5.97 Å². The van der Waals surface area contributed by atoms with Gasteiger partial charge in [0, 0.05) is 32.4 Å². The molecule has 2 aromatic rings. The molecular formula is C14H18ClN5O3. The molecule has 3 rings (SSSR count). The van der Waals surface area contributed by atoms with Crippen LogP contribution in [0.2, 0.25) is 0 Å². The molecule has 1 fully saturated rings. The molecule has 124 valence electrons. The summed E-state index contributed by atoms with van der Waals surface area (Å²) in [5.41, 5.74) is 0.985. The number of nitrogens with zero attached hydrogens (tertiary/aromatic N) is 4. The van der Waals surface area contributed by atoms with E-state index in [9.17, 15) is 9.59 Å². The first-order valence-corrected chi connectivity index (χ1v) is 7.22. The number of halogens is 1. The Hall–Kier alpha value is -2.19. The molecule has 9 heteroatoms. The third-order valence-electron chi connectivity index (χ3n) is 3.52. The van der Waals surface area contributed by atoms with Gasteiger partial charge in [-0.1, -0.05) is 0 Å². The Morgan fingerprint density at radius 2 is 2.09 bits per heavy atom. The van der Waals surface area contributed by atoms with E-state index in [1.165, 1.54) is 16.9 Å². The summed E-state index contributed by atoms with van der Waals surface area (Å²) in [6.07, 6.45) is 2.89. The second-order valence-corrected chi connectivity index (χ2v) is 4.89. The van der Waals surface area contributed by atoms with Gasteiger partial charge in [-0.2, -0.15) is 5.10 Å². The largest absolute Gasteiger partial charge is 0.462 e. The summed E-state index contributed by atoms with van der Waals surface area (Å²) in [6.45, 7) is 4.84. The molecular weight excluding hydrogens is 322 g/mol. The van der Waals surface area contributed by atoms with Crippen molar-refractivity contribution >= 4 is 29.9 Å². The molecule has 1 amide bonds. The first kappa shape index (κ1) is 17.2. The zero-order valence-corrected chi connectivity index (χ0v) is 13.5. The lowest BCUT2D eigenvalue weighted by molar-refractivity contribution is 0.0528. The molecule has 2 aromatic heterocycles. The maximum atomic E-state index is 12.6. The average molecular weight is 340 g/mol. The van der Waals surface area contributed by atoms with Crippen molar-refractivity contribution in [3.8, 4) is 0 Å². The fourth-order valence-corrected chi connectivity index (χ4v) is 2.44. The van der Waals surface area contributed by atoms with Crippen molar-refractivity contribution < 1.29 is 14.3 Å². The quantitative estimate of drug-likeness (QED) is 0.813. The van der Waals surface area contributed by atoms with Crippen LogP contribution in [-0.4, -0.2) is 64.2 Å². The maximum Gasteiger partial charge on any atom is 0.343 e. The van der Waals surface area contributed by atoms with Crippen LogP contribution in [-0.2, 0) is 4.74 Å². The minimum atomic E-state index is -0.489. The highest BCUT2D eigenvalue weighted by Gasteiger charge is 2.23. The summed E-state index contributed by atoms with van der Waals surface area (Å²) in [6, 6.07) is 1.61. The van der Waals surface area contributed by atoms with Gasteiger partial charge in [-0.05, 0) is 13.0 Å². The van der Waals surface area contributed by atoms with Gasteiger partial charge >= 0.3 is 5.97 Å². The van der Waals surface area contributed by atoms with E-state index in [1.54, 1.807) is 17.9 Å². The van der Waals surface area contributed by atoms with Crippen LogP contribution >= 0.6 is 12.4 Å². The van der Waals surface area contributed by atoms with E-state index in [0.717, 1.165) is 13.1 Å². The van der Waals surface area contributed by atoms with Crippen LogP contribution in [0, 0.1) is 0 Å². The zero-order chi connectivity index (χ0) is 15.5. The number of ether oxygens (including phenoxy) is 1. The van der Waals surface area contributed by atoms with Gasteiger partial charge in [0.2, 0.25) is 0 Å². The van der Waals surface area contributed by atoms with Crippen LogP contribution in [0.3, 0.4) is 0 Å². The van der Waals surface area contributed by atoms with Crippen LogP contribution in [0.4, 0.5) is 0 Å². The monoisotopic (exact) mass is 339 g/mol. The molecule has 0 radical (unpaired) electrons. The van der Waals surface area contributed by atoms with Gasteiger partial charge < -0.3 is 15.0 Å². The number of esters is 1. The summed E-state index contributed by atoms with van der Waals surface area (Å²) >= 11 is 0. The fraction of sp³-hybridized carbons (Fsp3) is 0.429. The molecule has 0 aliphatic carbocycles. The molecule has 1 saturated heterocycles. The summed E-state index contributed by atoms with van der Waals surface area (Å²) < 4.78 is 6.37. The SMILES string of the molecule is CCOC(=O)c1cnn2c(C(=O)N3CCNCC3)ccnc12.Cl. The molecule has 0 bridgehead atoms. The lowest BCUT2D eigenvalue weighted by Crippen LogP contribution is -2.46. The van der Waals surface area contributed by atoms with Crippen LogP contribution in [0.5, 0.6) is 0 Å². The summed E-state index contributed by atoms with van der Waals surface area (Å²) in [4.78, 5) is 30.4. The number of carbonyl (C=O) groups excluding carboxylic acids is 2. The lowest BCUT2D eigenvalue weighted by Gasteiger charge is -2.27. The number of hydrogen-bond acceptors (Lipinski definition) is 6. The van der Waals surface area contributed by atoms with Crippen molar-refractivity contribution in [2.24, 2.45) is 0 Å². The Labute approximate surface area is 139 Å². The first-order valence-electron chi connectivity index (χ1n) is 7.22. The summed E-state index contributed by atoms with van der Waals surface area (Å²) in [7, 11) is 0. The number of carbonyl (C=O) groups is 2. The number of amides is 1. The first-order chi connectivity index (χ1) is 10.7. The van der Waals surface area contributed by atoms with Crippen molar-refractivity contribution in [1.29, 1.82) is 0 Å². The highest BCUT2D eigenvalue weighted by molar-refractivity contribution is 5.97. The number of fused-ring (bicyclic) bond motifs is 1. The van der Waals surface area contributed by atoms with Crippen molar-refractivity contribution in [2.45, 2.75) is 6.92 Å². The molecule has 1 aliphatic heterocycles. The van der Waals surface area contributed by atoms with Crippen LogP contribution in [0.15, 0.2) is 18.5 Å². The molecule has 0 unspecified atom stereocenters.